The van der Waals surface area contributed by atoms with Gasteiger partial charge in [0, 0.05) is 0 Å². The van der Waals surface area contributed by atoms with E-state index in [2.05, 4.69) is 0 Å². The zero-order chi connectivity index (χ0) is 0. The van der Waals surface area contributed by atoms with Crippen LogP contribution in [0.15, 0.2) is 0 Å². The Morgan fingerprint density at radius 1 is 0.500 bits per heavy atom. The van der Waals surface area contributed by atoms with Gasteiger partial charge < -0.3 is 16.4 Å². The minimum absolute atomic E-state index is 0. The Bertz CT molecular complexity index is 3.25. The van der Waals surface area contributed by atoms with E-state index in [1.165, 1.54) is 0 Å². The minimum atomic E-state index is 0. The molecule has 0 aromatic rings. The monoisotopic (exact) mass is 65.1 g/mol. The molecule has 0 radical (unpaired) electrons. The molecule has 0 unspecified atom stereocenters. The van der Waals surface area contributed by atoms with E-state index in [0.29, 0.717) is 0 Å². The van der Waals surface area contributed by atoms with E-state index < -0.39 is 0 Å². The third kappa shape index (κ3) is 945. The Balaban J connectivity index is 0. The maximum absolute atomic E-state index is 0. The summed E-state index contributed by atoms with van der Waals surface area (Å²) in [7, 11) is 0. The SMILES string of the molecule is O.O.O.[BeH2]. The van der Waals surface area contributed by atoms with Gasteiger partial charge in [0.25, 0.3) is 0 Å². The van der Waals surface area contributed by atoms with Crippen LogP contribution in [0, 0.1) is 0 Å². The summed E-state index contributed by atoms with van der Waals surface area (Å²) in [6.45, 7) is 0. The van der Waals surface area contributed by atoms with Crippen LogP contribution in [0.2, 0.25) is 0 Å². The quantitative estimate of drug-likeness (QED) is 0.263. The van der Waals surface area contributed by atoms with Gasteiger partial charge in [-0.2, -0.15) is 0 Å². The Morgan fingerprint density at radius 3 is 0.500 bits per heavy atom. The molecule has 4 heteroatoms. The van der Waals surface area contributed by atoms with Gasteiger partial charge in [0.1, 0.15) is 0 Å². The Hall–Kier alpha value is 0.0488. The van der Waals surface area contributed by atoms with Crippen molar-refractivity contribution in [2.24, 2.45) is 0 Å². The van der Waals surface area contributed by atoms with E-state index >= 15 is 0 Å². The van der Waals surface area contributed by atoms with Crippen LogP contribution in [-0.2, 0) is 0 Å². The van der Waals surface area contributed by atoms with Crippen LogP contribution >= 0.6 is 0 Å². The maximum atomic E-state index is 0. The molecule has 0 saturated carbocycles. The van der Waals surface area contributed by atoms with E-state index in [0.717, 1.165) is 0 Å². The molecule has 0 saturated heterocycles. The standard InChI is InChI=1S/Be.3H2O.2H/h;3*1H2;;. The van der Waals surface area contributed by atoms with Gasteiger partial charge in [-0.1, -0.05) is 0 Å². The van der Waals surface area contributed by atoms with Crippen LogP contribution in [-0.4, -0.2) is 26.5 Å². The molecule has 0 spiro atoms. The van der Waals surface area contributed by atoms with Gasteiger partial charge in [0.05, 0.1) is 0 Å². The van der Waals surface area contributed by atoms with E-state index in [9.17, 15) is 0 Å². The molecule has 6 N–H and O–H groups in total. The van der Waals surface area contributed by atoms with Crippen molar-refractivity contribution in [3.05, 3.63) is 0 Å². The molecule has 3 nitrogen and oxygen atoms in total. The van der Waals surface area contributed by atoms with Crippen molar-refractivity contribution in [3.8, 4) is 0 Å². The third-order valence-corrected chi connectivity index (χ3v) is 0. The average molecular weight is 65.1 g/mol. The number of hydrogen-bond acceptors (Lipinski definition) is 0. The van der Waals surface area contributed by atoms with E-state index in [1.54, 1.807) is 0 Å². The molecule has 0 amide bonds. The molecule has 0 aromatic carbocycles. The molecular weight excluding hydrogens is 57.0 g/mol. The first-order valence-corrected chi connectivity index (χ1v) is 0. The van der Waals surface area contributed by atoms with Gasteiger partial charge in [0.15, 0.2) is 0 Å². The van der Waals surface area contributed by atoms with Crippen molar-refractivity contribution in [2.75, 3.05) is 0 Å². The molecule has 0 fully saturated rings. The fourth-order valence-electron chi connectivity index (χ4n) is 0. The van der Waals surface area contributed by atoms with Gasteiger partial charge in [-0.25, -0.2) is 0 Å². The van der Waals surface area contributed by atoms with Crippen molar-refractivity contribution in [3.63, 3.8) is 0 Å². The molecule has 0 rings (SSSR count). The van der Waals surface area contributed by atoms with Crippen molar-refractivity contribution in [1.82, 2.24) is 0 Å². The van der Waals surface area contributed by atoms with Gasteiger partial charge in [-0.15, -0.1) is 0 Å². The molecule has 0 aliphatic heterocycles. The topological polar surface area (TPSA) is 94.5 Å². The number of rotatable bonds is 0. The molecule has 4 heavy (non-hydrogen) atoms. The summed E-state index contributed by atoms with van der Waals surface area (Å²) < 4.78 is 0. The first-order valence-electron chi connectivity index (χ1n) is 0. The third-order valence-electron chi connectivity index (χ3n) is 0. The van der Waals surface area contributed by atoms with Crippen molar-refractivity contribution in [2.45, 2.75) is 0 Å². The Labute approximate surface area is 27.8 Å². The van der Waals surface area contributed by atoms with Gasteiger partial charge >= 0.3 is 10.1 Å². The van der Waals surface area contributed by atoms with Crippen LogP contribution in [0.3, 0.4) is 0 Å². The molecule has 0 aliphatic carbocycles. The van der Waals surface area contributed by atoms with Crippen molar-refractivity contribution >= 4 is 10.1 Å². The summed E-state index contributed by atoms with van der Waals surface area (Å²) in [5.74, 6) is 0. The first-order chi connectivity index (χ1) is 0. The van der Waals surface area contributed by atoms with Crippen LogP contribution in [0.5, 0.6) is 0 Å². The van der Waals surface area contributed by atoms with E-state index in [1.807, 2.05) is 0 Å². The summed E-state index contributed by atoms with van der Waals surface area (Å²) >= 11 is 0. The van der Waals surface area contributed by atoms with Crippen LogP contribution in [0.1, 0.15) is 0 Å². The van der Waals surface area contributed by atoms with Gasteiger partial charge in [-0.05, 0) is 0 Å². The Morgan fingerprint density at radius 2 is 0.500 bits per heavy atom. The summed E-state index contributed by atoms with van der Waals surface area (Å²) in [6, 6.07) is 0. The average Bonchev–Trinajstić information content (AvgIpc) is 0. The Kier molecular flexibility index (Phi) is 21200000. The van der Waals surface area contributed by atoms with Crippen LogP contribution < -0.4 is 0 Å². The summed E-state index contributed by atoms with van der Waals surface area (Å²) in [4.78, 5) is 0. The second-order valence-corrected chi connectivity index (χ2v) is 0. The fraction of sp³-hybridized carbons (Fsp3) is 0. The predicted octanol–water partition coefficient (Wildman–Crippen LogP) is -3.39. The summed E-state index contributed by atoms with van der Waals surface area (Å²) in [5, 5.41) is 0. The fourth-order valence-corrected chi connectivity index (χ4v) is 0. The van der Waals surface area contributed by atoms with Crippen LogP contribution in [0.4, 0.5) is 0 Å². The second kappa shape index (κ2) is 5370. The van der Waals surface area contributed by atoms with Gasteiger partial charge in [-0.3, -0.25) is 0 Å². The summed E-state index contributed by atoms with van der Waals surface area (Å²) in [5.41, 5.74) is 0. The molecule has 0 aliphatic rings. The summed E-state index contributed by atoms with van der Waals surface area (Å²) in [6.07, 6.45) is 0. The predicted molar refractivity (Wildman–Crippen MR) is 19.4 cm³/mol. The first kappa shape index (κ1) is 15800. The normalized spacial score (nSPS) is 0. The van der Waals surface area contributed by atoms with Crippen LogP contribution in [0.25, 0.3) is 0 Å². The molecule has 28 valence electrons. The van der Waals surface area contributed by atoms with E-state index in [4.69, 9.17) is 0 Å². The second-order valence-electron chi connectivity index (χ2n) is 0. The van der Waals surface area contributed by atoms with Crippen molar-refractivity contribution in [1.29, 1.82) is 0 Å². The zero-order valence-corrected chi connectivity index (χ0v) is 1.50. The molecule has 0 aromatic heterocycles. The van der Waals surface area contributed by atoms with Gasteiger partial charge in [0.2, 0.25) is 0 Å². The van der Waals surface area contributed by atoms with Crippen molar-refractivity contribution < 1.29 is 16.4 Å². The molecule has 0 bridgehead atoms. The molecular formula is H8BeO3. The zero-order valence-electron chi connectivity index (χ0n) is 1.50. The molecule has 0 heterocycles. The van der Waals surface area contributed by atoms with E-state index in [-0.39, 0.29) is 26.5 Å². The number of hydrogen-bond donors (Lipinski definition) is 0. The molecule has 0 atom stereocenters.